The van der Waals surface area contributed by atoms with Crippen LogP contribution in [0.1, 0.15) is 38.7 Å². The van der Waals surface area contributed by atoms with E-state index < -0.39 is 0 Å². The predicted octanol–water partition coefficient (Wildman–Crippen LogP) is 4.22. The number of hydrogen-bond acceptors (Lipinski definition) is 4. The van der Waals surface area contributed by atoms with Gasteiger partial charge in [-0.05, 0) is 75.4 Å². The van der Waals surface area contributed by atoms with Crippen molar-refractivity contribution < 1.29 is 14.3 Å². The van der Waals surface area contributed by atoms with Gasteiger partial charge in [-0.25, -0.2) is 4.79 Å². The highest BCUT2D eigenvalue weighted by Gasteiger charge is 2.32. The van der Waals surface area contributed by atoms with Crippen molar-refractivity contribution in [3.8, 4) is 5.75 Å². The molecule has 3 rings (SSSR count). The number of likely N-dealkylation sites (tertiary alicyclic amines) is 1. The molecule has 0 radical (unpaired) electrons. The van der Waals surface area contributed by atoms with E-state index in [1.807, 2.05) is 24.0 Å². The van der Waals surface area contributed by atoms with Crippen LogP contribution in [0.5, 0.6) is 5.75 Å². The fraction of sp³-hybridized carbons (Fsp3) is 0.667. The van der Waals surface area contributed by atoms with E-state index in [2.05, 4.69) is 17.9 Å². The molecule has 27 heavy (non-hydrogen) atoms. The Morgan fingerprint density at radius 1 is 1.26 bits per heavy atom. The standard InChI is InChI=1S/C21H31ClN2O3/c1-3-9-24-15-19(27-21(24)25)14-23-10-7-16(8-11-23)12-17-13-18(26-4-2)5-6-20(17)22/h5-6,13,16,19H,3-4,7-12,14-15H2,1-2H3. The summed E-state index contributed by atoms with van der Waals surface area (Å²) in [6, 6.07) is 5.95. The molecule has 1 aromatic carbocycles. The van der Waals surface area contributed by atoms with Gasteiger partial charge in [0.05, 0.1) is 13.2 Å². The summed E-state index contributed by atoms with van der Waals surface area (Å²) in [6.45, 7) is 9.21. The lowest BCUT2D eigenvalue weighted by Crippen LogP contribution is -2.40. The maximum atomic E-state index is 11.8. The second kappa shape index (κ2) is 9.65. The SMILES string of the molecule is CCCN1CC(CN2CCC(Cc3cc(OCC)ccc3Cl)CC2)OC1=O. The molecule has 1 unspecified atom stereocenters. The maximum absolute atomic E-state index is 11.8. The first kappa shape index (κ1) is 20.3. The summed E-state index contributed by atoms with van der Waals surface area (Å²) < 4.78 is 11.1. The molecular formula is C21H31ClN2O3. The van der Waals surface area contributed by atoms with E-state index in [4.69, 9.17) is 21.1 Å². The molecule has 0 spiro atoms. The first-order chi connectivity index (χ1) is 13.1. The molecule has 0 bridgehead atoms. The van der Waals surface area contributed by atoms with Crippen LogP contribution in [0.3, 0.4) is 0 Å². The molecule has 2 saturated heterocycles. The molecule has 150 valence electrons. The molecular weight excluding hydrogens is 364 g/mol. The Kier molecular flexibility index (Phi) is 7.25. The van der Waals surface area contributed by atoms with E-state index in [0.717, 1.165) is 69.2 Å². The van der Waals surface area contributed by atoms with E-state index in [1.54, 1.807) is 0 Å². The lowest BCUT2D eigenvalue weighted by Gasteiger charge is -2.33. The van der Waals surface area contributed by atoms with Gasteiger partial charge in [-0.1, -0.05) is 18.5 Å². The van der Waals surface area contributed by atoms with Crippen molar-refractivity contribution in [2.45, 2.75) is 45.6 Å². The van der Waals surface area contributed by atoms with Gasteiger partial charge >= 0.3 is 6.09 Å². The maximum Gasteiger partial charge on any atom is 0.410 e. The van der Waals surface area contributed by atoms with Gasteiger partial charge in [0, 0.05) is 18.1 Å². The first-order valence-corrected chi connectivity index (χ1v) is 10.6. The van der Waals surface area contributed by atoms with Gasteiger partial charge in [-0.3, -0.25) is 4.90 Å². The minimum Gasteiger partial charge on any atom is -0.494 e. The zero-order chi connectivity index (χ0) is 19.2. The van der Waals surface area contributed by atoms with E-state index in [-0.39, 0.29) is 12.2 Å². The summed E-state index contributed by atoms with van der Waals surface area (Å²) >= 11 is 6.39. The third-order valence-corrected chi connectivity index (χ3v) is 5.82. The zero-order valence-corrected chi connectivity index (χ0v) is 17.2. The average Bonchev–Trinajstić information content (AvgIpc) is 2.99. The van der Waals surface area contributed by atoms with Crippen molar-refractivity contribution in [2.24, 2.45) is 5.92 Å². The summed E-state index contributed by atoms with van der Waals surface area (Å²) in [5.41, 5.74) is 1.18. The highest BCUT2D eigenvalue weighted by molar-refractivity contribution is 6.31. The number of hydrogen-bond donors (Lipinski definition) is 0. The van der Waals surface area contributed by atoms with E-state index in [1.165, 1.54) is 5.56 Å². The van der Waals surface area contributed by atoms with Crippen molar-refractivity contribution >= 4 is 17.7 Å². The van der Waals surface area contributed by atoms with Crippen LogP contribution in [0.4, 0.5) is 4.79 Å². The molecule has 0 aromatic heterocycles. The lowest BCUT2D eigenvalue weighted by atomic mass is 9.90. The highest BCUT2D eigenvalue weighted by Crippen LogP contribution is 2.29. The number of rotatable bonds is 8. The molecule has 0 saturated carbocycles. The van der Waals surface area contributed by atoms with Crippen LogP contribution < -0.4 is 4.74 Å². The molecule has 0 N–H and O–H groups in total. The van der Waals surface area contributed by atoms with E-state index >= 15 is 0 Å². The number of halogens is 1. The number of ether oxygens (including phenoxy) is 2. The van der Waals surface area contributed by atoms with Gasteiger partial charge in [-0.15, -0.1) is 0 Å². The normalized spacial score (nSPS) is 21.5. The van der Waals surface area contributed by atoms with Gasteiger partial charge in [0.25, 0.3) is 0 Å². The van der Waals surface area contributed by atoms with Crippen LogP contribution in [0, 0.1) is 5.92 Å². The summed E-state index contributed by atoms with van der Waals surface area (Å²) in [5, 5.41) is 0.828. The molecule has 1 amide bonds. The van der Waals surface area contributed by atoms with Crippen LogP contribution in [0.25, 0.3) is 0 Å². The van der Waals surface area contributed by atoms with Crippen molar-refractivity contribution in [3.63, 3.8) is 0 Å². The molecule has 2 aliphatic heterocycles. The number of carbonyl (C=O) groups is 1. The van der Waals surface area contributed by atoms with Crippen molar-refractivity contribution in [3.05, 3.63) is 28.8 Å². The molecule has 2 heterocycles. The molecule has 2 aliphatic rings. The summed E-state index contributed by atoms with van der Waals surface area (Å²) in [7, 11) is 0. The molecule has 1 atom stereocenters. The number of carbonyl (C=O) groups excluding carboxylic acids is 1. The monoisotopic (exact) mass is 394 g/mol. The number of piperidine rings is 1. The number of cyclic esters (lactones) is 1. The summed E-state index contributed by atoms with van der Waals surface area (Å²) in [6.07, 6.45) is 4.12. The number of amides is 1. The predicted molar refractivity (Wildman–Crippen MR) is 108 cm³/mol. The van der Waals surface area contributed by atoms with E-state index in [0.29, 0.717) is 12.5 Å². The van der Waals surface area contributed by atoms with Crippen LogP contribution in [-0.2, 0) is 11.2 Å². The summed E-state index contributed by atoms with van der Waals surface area (Å²) in [4.78, 5) is 16.1. The molecule has 1 aromatic rings. The van der Waals surface area contributed by atoms with Crippen LogP contribution >= 0.6 is 11.6 Å². The topological polar surface area (TPSA) is 42.0 Å². The fourth-order valence-corrected chi connectivity index (χ4v) is 4.25. The van der Waals surface area contributed by atoms with Gasteiger partial charge in [0.2, 0.25) is 0 Å². The Morgan fingerprint density at radius 2 is 2.04 bits per heavy atom. The van der Waals surface area contributed by atoms with Gasteiger partial charge < -0.3 is 14.4 Å². The average molecular weight is 395 g/mol. The minimum absolute atomic E-state index is 0.0120. The largest absolute Gasteiger partial charge is 0.494 e. The Morgan fingerprint density at radius 3 is 2.74 bits per heavy atom. The van der Waals surface area contributed by atoms with Gasteiger partial charge in [0.15, 0.2) is 0 Å². The zero-order valence-electron chi connectivity index (χ0n) is 16.5. The number of nitrogens with zero attached hydrogens (tertiary/aromatic N) is 2. The molecule has 0 aliphatic carbocycles. The van der Waals surface area contributed by atoms with Gasteiger partial charge in [0.1, 0.15) is 11.9 Å². The van der Waals surface area contributed by atoms with Gasteiger partial charge in [-0.2, -0.15) is 0 Å². The van der Waals surface area contributed by atoms with Crippen molar-refractivity contribution in [1.29, 1.82) is 0 Å². The second-order valence-electron chi connectivity index (χ2n) is 7.59. The number of benzene rings is 1. The fourth-order valence-electron chi connectivity index (χ4n) is 4.06. The quantitative estimate of drug-likeness (QED) is 0.661. The Hall–Kier alpha value is -1.46. The smallest absolute Gasteiger partial charge is 0.410 e. The van der Waals surface area contributed by atoms with Crippen molar-refractivity contribution in [2.75, 3.05) is 39.3 Å². The molecule has 5 nitrogen and oxygen atoms in total. The van der Waals surface area contributed by atoms with Crippen LogP contribution in [-0.4, -0.2) is 61.3 Å². The van der Waals surface area contributed by atoms with E-state index in [9.17, 15) is 4.79 Å². The molecule has 6 heteroatoms. The Labute approximate surface area is 167 Å². The Balaban J connectivity index is 1.46. The minimum atomic E-state index is -0.152. The molecule has 2 fully saturated rings. The first-order valence-electron chi connectivity index (χ1n) is 10.2. The van der Waals surface area contributed by atoms with Crippen LogP contribution in [0.2, 0.25) is 5.02 Å². The van der Waals surface area contributed by atoms with Crippen LogP contribution in [0.15, 0.2) is 18.2 Å². The second-order valence-corrected chi connectivity index (χ2v) is 7.99. The third kappa shape index (κ3) is 5.52. The highest BCUT2D eigenvalue weighted by atomic mass is 35.5. The summed E-state index contributed by atoms with van der Waals surface area (Å²) in [5.74, 6) is 1.53. The third-order valence-electron chi connectivity index (χ3n) is 5.45. The Bertz CT molecular complexity index is 632. The lowest BCUT2D eigenvalue weighted by molar-refractivity contribution is 0.0904. The van der Waals surface area contributed by atoms with Crippen molar-refractivity contribution in [1.82, 2.24) is 9.80 Å².